The third-order valence-corrected chi connectivity index (χ3v) is 3.70. The lowest BCUT2D eigenvalue weighted by Crippen LogP contribution is -2.45. The Morgan fingerprint density at radius 1 is 1.07 bits per heavy atom. The van der Waals surface area contributed by atoms with Gasteiger partial charge in [-0.25, -0.2) is 13.1 Å². The lowest BCUT2D eigenvalue weighted by atomic mass is 9.64. The molecule has 0 aromatic heterocycles. The van der Waals surface area contributed by atoms with Crippen LogP contribution in [0.1, 0.15) is 47.0 Å². The summed E-state index contributed by atoms with van der Waals surface area (Å²) in [6.45, 7) is 8.85. The van der Waals surface area contributed by atoms with Crippen molar-refractivity contribution in [3.8, 4) is 0 Å². The summed E-state index contributed by atoms with van der Waals surface area (Å²) in [6.07, 6.45) is 4.26. The first-order valence-corrected chi connectivity index (χ1v) is 7.36. The van der Waals surface area contributed by atoms with Crippen molar-refractivity contribution in [1.82, 2.24) is 4.72 Å². The molecule has 90 valence electrons. The first kappa shape index (κ1) is 13.0. The molecule has 0 radical (unpaired) electrons. The van der Waals surface area contributed by atoms with Crippen molar-refractivity contribution >= 4 is 10.0 Å². The summed E-state index contributed by atoms with van der Waals surface area (Å²) in [5, 5.41) is 0. The maximum Gasteiger partial charge on any atom is 0.208 e. The summed E-state index contributed by atoms with van der Waals surface area (Å²) in [4.78, 5) is 0. The summed E-state index contributed by atoms with van der Waals surface area (Å²) >= 11 is 0. The van der Waals surface area contributed by atoms with Crippen molar-refractivity contribution in [2.45, 2.75) is 53.0 Å². The zero-order valence-electron chi connectivity index (χ0n) is 10.4. The van der Waals surface area contributed by atoms with E-state index in [1.54, 1.807) is 0 Å². The molecule has 0 unspecified atom stereocenters. The van der Waals surface area contributed by atoms with Crippen molar-refractivity contribution in [3.05, 3.63) is 0 Å². The Bertz CT molecular complexity index is 314. The Labute approximate surface area is 93.7 Å². The van der Waals surface area contributed by atoms with E-state index in [0.717, 1.165) is 19.3 Å². The second-order valence-electron chi connectivity index (χ2n) is 6.50. The summed E-state index contributed by atoms with van der Waals surface area (Å²) in [5.41, 5.74) is 0.453. The van der Waals surface area contributed by atoms with E-state index in [1.165, 1.54) is 6.26 Å². The van der Waals surface area contributed by atoms with Crippen molar-refractivity contribution in [3.63, 3.8) is 0 Å². The number of rotatable bonds is 2. The van der Waals surface area contributed by atoms with Crippen LogP contribution in [0.4, 0.5) is 0 Å². The van der Waals surface area contributed by atoms with Gasteiger partial charge in [-0.1, -0.05) is 27.7 Å². The first-order chi connectivity index (χ1) is 6.49. The van der Waals surface area contributed by atoms with Crippen LogP contribution in [0, 0.1) is 10.8 Å². The molecule has 1 aliphatic carbocycles. The van der Waals surface area contributed by atoms with Crippen LogP contribution in [0.2, 0.25) is 0 Å². The smallest absolute Gasteiger partial charge is 0.208 e. The van der Waals surface area contributed by atoms with Gasteiger partial charge in [0.1, 0.15) is 0 Å². The topological polar surface area (TPSA) is 46.2 Å². The monoisotopic (exact) mass is 233 g/mol. The molecule has 1 saturated carbocycles. The zero-order valence-corrected chi connectivity index (χ0v) is 11.2. The lowest BCUT2D eigenvalue weighted by Gasteiger charge is -2.44. The van der Waals surface area contributed by atoms with Crippen LogP contribution < -0.4 is 4.72 Å². The number of hydrogen-bond donors (Lipinski definition) is 1. The van der Waals surface area contributed by atoms with E-state index in [4.69, 9.17) is 0 Å². The van der Waals surface area contributed by atoms with Crippen molar-refractivity contribution in [2.75, 3.05) is 6.26 Å². The summed E-state index contributed by atoms with van der Waals surface area (Å²) < 4.78 is 25.2. The van der Waals surface area contributed by atoms with Crippen molar-refractivity contribution < 1.29 is 8.42 Å². The fraction of sp³-hybridized carbons (Fsp3) is 1.00. The molecule has 1 rings (SSSR count). The molecule has 0 spiro atoms. The average Bonchev–Trinajstić information content (AvgIpc) is 1.70. The van der Waals surface area contributed by atoms with Gasteiger partial charge in [-0.15, -0.1) is 0 Å². The third kappa shape index (κ3) is 4.51. The van der Waals surface area contributed by atoms with Gasteiger partial charge in [0, 0.05) is 6.04 Å². The van der Waals surface area contributed by atoms with Crippen LogP contribution >= 0.6 is 0 Å². The van der Waals surface area contributed by atoms with Gasteiger partial charge >= 0.3 is 0 Å². The first-order valence-electron chi connectivity index (χ1n) is 5.47. The van der Waals surface area contributed by atoms with Crippen LogP contribution in [-0.2, 0) is 10.0 Å². The molecule has 0 atom stereocenters. The van der Waals surface area contributed by atoms with Crippen LogP contribution in [0.5, 0.6) is 0 Å². The molecule has 0 saturated heterocycles. The SMILES string of the molecule is CC1(C)CC(NS(C)(=O)=O)CC(C)(C)C1. The zero-order chi connectivity index (χ0) is 11.9. The second kappa shape index (κ2) is 3.74. The van der Waals surface area contributed by atoms with E-state index in [9.17, 15) is 8.42 Å². The van der Waals surface area contributed by atoms with Gasteiger partial charge in [0.05, 0.1) is 6.26 Å². The second-order valence-corrected chi connectivity index (χ2v) is 8.28. The molecule has 0 amide bonds. The van der Waals surface area contributed by atoms with E-state index in [0.29, 0.717) is 0 Å². The molecular weight excluding hydrogens is 210 g/mol. The Kier molecular flexibility index (Phi) is 3.23. The molecule has 15 heavy (non-hydrogen) atoms. The molecular formula is C11H23NO2S. The highest BCUT2D eigenvalue weighted by molar-refractivity contribution is 7.88. The largest absolute Gasteiger partial charge is 0.213 e. The van der Waals surface area contributed by atoms with Gasteiger partial charge in [0.2, 0.25) is 10.0 Å². The Morgan fingerprint density at radius 3 is 1.80 bits per heavy atom. The number of sulfonamides is 1. The van der Waals surface area contributed by atoms with Gasteiger partial charge in [0.15, 0.2) is 0 Å². The molecule has 0 bridgehead atoms. The van der Waals surface area contributed by atoms with Crippen molar-refractivity contribution in [2.24, 2.45) is 10.8 Å². The Morgan fingerprint density at radius 2 is 1.47 bits per heavy atom. The number of hydrogen-bond acceptors (Lipinski definition) is 2. The molecule has 4 heteroatoms. The molecule has 1 fully saturated rings. The normalized spacial score (nSPS) is 26.5. The van der Waals surface area contributed by atoms with Gasteiger partial charge in [-0.2, -0.15) is 0 Å². The number of nitrogens with one attached hydrogen (secondary N) is 1. The fourth-order valence-corrected chi connectivity index (χ4v) is 4.00. The van der Waals surface area contributed by atoms with Crippen LogP contribution in [-0.4, -0.2) is 20.7 Å². The van der Waals surface area contributed by atoms with Crippen LogP contribution in [0.15, 0.2) is 0 Å². The third-order valence-electron chi connectivity index (χ3n) is 2.94. The minimum Gasteiger partial charge on any atom is -0.213 e. The molecule has 0 aromatic rings. The highest BCUT2D eigenvalue weighted by Crippen LogP contribution is 2.45. The maximum absolute atomic E-state index is 11.2. The minimum atomic E-state index is -3.07. The Hall–Kier alpha value is -0.0900. The van der Waals surface area contributed by atoms with Gasteiger partial charge in [-0.05, 0) is 30.1 Å². The summed E-state index contributed by atoms with van der Waals surface area (Å²) in [7, 11) is -3.07. The van der Waals surface area contributed by atoms with E-state index < -0.39 is 10.0 Å². The molecule has 1 aliphatic rings. The molecule has 0 aromatic carbocycles. The quantitative estimate of drug-likeness (QED) is 0.794. The van der Waals surface area contributed by atoms with Crippen LogP contribution in [0.3, 0.4) is 0 Å². The van der Waals surface area contributed by atoms with Gasteiger partial charge in [0.25, 0.3) is 0 Å². The van der Waals surface area contributed by atoms with Gasteiger partial charge < -0.3 is 0 Å². The fourth-order valence-electron chi connectivity index (χ4n) is 3.23. The highest BCUT2D eigenvalue weighted by Gasteiger charge is 2.39. The minimum absolute atomic E-state index is 0.0961. The van der Waals surface area contributed by atoms with E-state index >= 15 is 0 Å². The van der Waals surface area contributed by atoms with Crippen LogP contribution in [0.25, 0.3) is 0 Å². The molecule has 0 aliphatic heterocycles. The predicted molar refractivity (Wildman–Crippen MR) is 63.2 cm³/mol. The molecule has 1 N–H and O–H groups in total. The molecule has 3 nitrogen and oxygen atoms in total. The highest BCUT2D eigenvalue weighted by atomic mass is 32.2. The lowest BCUT2D eigenvalue weighted by molar-refractivity contribution is 0.0935. The van der Waals surface area contributed by atoms with Crippen molar-refractivity contribution in [1.29, 1.82) is 0 Å². The van der Waals surface area contributed by atoms with E-state index in [-0.39, 0.29) is 16.9 Å². The Balaban J connectivity index is 2.76. The van der Waals surface area contributed by atoms with E-state index in [2.05, 4.69) is 32.4 Å². The average molecular weight is 233 g/mol. The predicted octanol–water partition coefficient (Wildman–Crippen LogP) is 2.14. The summed E-state index contributed by atoms with van der Waals surface area (Å²) in [5.74, 6) is 0. The summed E-state index contributed by atoms with van der Waals surface area (Å²) in [6, 6.07) is 0.0961. The van der Waals surface area contributed by atoms with E-state index in [1.807, 2.05) is 0 Å². The standard InChI is InChI=1S/C11H23NO2S/c1-10(2)6-9(12-15(5,13)14)7-11(3,4)8-10/h9,12H,6-8H2,1-5H3. The maximum atomic E-state index is 11.2. The molecule has 0 heterocycles. The van der Waals surface area contributed by atoms with Gasteiger partial charge in [-0.3, -0.25) is 0 Å².